The molecule has 0 bridgehead atoms. The molecule has 2 heterocycles. The summed E-state index contributed by atoms with van der Waals surface area (Å²) in [7, 11) is 0. The Kier molecular flexibility index (Phi) is 4.86. The minimum absolute atomic E-state index is 0.275. The summed E-state index contributed by atoms with van der Waals surface area (Å²) in [6, 6.07) is 8.71. The first-order chi connectivity index (χ1) is 10.9. The number of pyridine rings is 1. The predicted octanol–water partition coefficient (Wildman–Crippen LogP) is 3.51. The van der Waals surface area contributed by atoms with Gasteiger partial charge in [0, 0.05) is 0 Å². The van der Waals surface area contributed by atoms with Crippen molar-refractivity contribution in [2.75, 3.05) is 10.6 Å². The Balaban J connectivity index is 1.87. The molecule has 2 rings (SSSR count). The monoisotopic (exact) mass is 314 g/mol. The topological polar surface area (TPSA) is 100 Å². The van der Waals surface area contributed by atoms with Crippen molar-refractivity contribution in [1.82, 2.24) is 4.98 Å². The number of carbonyl (C=O) groups is 1. The van der Waals surface area contributed by atoms with Crippen LogP contribution in [0.5, 0.6) is 0 Å². The molecule has 0 aromatic carbocycles. The maximum Gasteiger partial charge on any atom is 0.413 e. The second-order valence-electron chi connectivity index (χ2n) is 5.79. The molecule has 0 radical (unpaired) electrons. The number of ether oxygens (including phenoxy) is 1. The van der Waals surface area contributed by atoms with Gasteiger partial charge in [0.1, 0.15) is 23.2 Å². The molecule has 0 saturated carbocycles. The summed E-state index contributed by atoms with van der Waals surface area (Å²) in [6.07, 6.45) is 1.03. The molecule has 0 saturated heterocycles. The fraction of sp³-hybridized carbons (Fsp3) is 0.312. The van der Waals surface area contributed by atoms with Gasteiger partial charge in [0.05, 0.1) is 18.4 Å². The van der Waals surface area contributed by atoms with Gasteiger partial charge in [0.2, 0.25) is 5.76 Å². The number of carbonyl (C=O) groups excluding carboxylic acids is 1. The van der Waals surface area contributed by atoms with Crippen molar-refractivity contribution in [3.8, 4) is 6.07 Å². The lowest BCUT2D eigenvalue weighted by molar-refractivity contribution is 0.0635. The number of nitrogens with one attached hydrogen (secondary N) is 2. The fourth-order valence-corrected chi connectivity index (χ4v) is 1.70. The van der Waals surface area contributed by atoms with Crippen LogP contribution >= 0.6 is 0 Å². The third-order valence-corrected chi connectivity index (χ3v) is 2.63. The molecule has 0 spiro atoms. The molecule has 0 fully saturated rings. The molecule has 7 nitrogen and oxygen atoms in total. The largest absolute Gasteiger partial charge is 0.449 e. The van der Waals surface area contributed by atoms with E-state index in [0.717, 1.165) is 5.69 Å². The van der Waals surface area contributed by atoms with Crippen LogP contribution in [0, 0.1) is 11.3 Å². The zero-order valence-corrected chi connectivity index (χ0v) is 13.2. The Labute approximate surface area is 134 Å². The molecule has 0 aliphatic rings. The zero-order valence-electron chi connectivity index (χ0n) is 13.2. The van der Waals surface area contributed by atoms with Crippen LogP contribution in [0.4, 0.5) is 16.3 Å². The number of aromatic nitrogens is 1. The van der Waals surface area contributed by atoms with Crippen molar-refractivity contribution < 1.29 is 13.9 Å². The summed E-state index contributed by atoms with van der Waals surface area (Å²) in [4.78, 5) is 15.8. The van der Waals surface area contributed by atoms with E-state index in [2.05, 4.69) is 15.6 Å². The maximum atomic E-state index is 11.6. The normalized spacial score (nSPS) is 10.7. The van der Waals surface area contributed by atoms with E-state index in [1.165, 1.54) is 0 Å². The van der Waals surface area contributed by atoms with Gasteiger partial charge in [-0.1, -0.05) is 0 Å². The summed E-state index contributed by atoms with van der Waals surface area (Å²) in [5.74, 6) is 1.32. The molecule has 2 aromatic rings. The van der Waals surface area contributed by atoms with Crippen LogP contribution in [0.3, 0.4) is 0 Å². The molecule has 1 amide bonds. The Morgan fingerprint density at radius 2 is 2.13 bits per heavy atom. The van der Waals surface area contributed by atoms with Gasteiger partial charge in [-0.25, -0.2) is 9.78 Å². The van der Waals surface area contributed by atoms with Gasteiger partial charge in [-0.2, -0.15) is 5.26 Å². The summed E-state index contributed by atoms with van der Waals surface area (Å²) in [5.41, 5.74) is 0.200. The second kappa shape index (κ2) is 6.83. The van der Waals surface area contributed by atoms with Gasteiger partial charge < -0.3 is 14.5 Å². The second-order valence-corrected chi connectivity index (χ2v) is 5.79. The minimum Gasteiger partial charge on any atom is -0.449 e. The molecule has 0 unspecified atom stereocenters. The van der Waals surface area contributed by atoms with Gasteiger partial charge in [-0.3, -0.25) is 5.32 Å². The van der Waals surface area contributed by atoms with E-state index in [4.69, 9.17) is 14.4 Å². The lowest BCUT2D eigenvalue weighted by Gasteiger charge is -2.19. The average Bonchev–Trinajstić information content (AvgIpc) is 2.92. The Morgan fingerprint density at radius 1 is 1.35 bits per heavy atom. The molecule has 23 heavy (non-hydrogen) atoms. The molecule has 120 valence electrons. The van der Waals surface area contributed by atoms with Crippen molar-refractivity contribution in [3.63, 3.8) is 0 Å². The summed E-state index contributed by atoms with van der Waals surface area (Å²) >= 11 is 0. The minimum atomic E-state index is -0.559. The quantitative estimate of drug-likeness (QED) is 0.895. The lowest BCUT2D eigenvalue weighted by Crippen LogP contribution is -2.27. The summed E-state index contributed by atoms with van der Waals surface area (Å²) in [6.45, 7) is 5.81. The molecule has 7 heteroatoms. The Morgan fingerprint density at radius 3 is 2.70 bits per heavy atom. The lowest BCUT2D eigenvalue weighted by atomic mass is 10.2. The standard InChI is InChI=1S/C16H18N4O3/c1-16(2,3)23-15(21)20-14-7-4-11(9-19-14)18-10-13-6-5-12(8-17)22-13/h4-7,9,18H,10H2,1-3H3,(H,19,20,21). The summed E-state index contributed by atoms with van der Waals surface area (Å²) in [5, 5.41) is 14.4. The van der Waals surface area contributed by atoms with E-state index < -0.39 is 11.7 Å². The molecule has 0 aliphatic carbocycles. The van der Waals surface area contributed by atoms with Gasteiger partial charge >= 0.3 is 6.09 Å². The van der Waals surface area contributed by atoms with Crippen LogP contribution in [0.1, 0.15) is 32.3 Å². The van der Waals surface area contributed by atoms with Crippen molar-refractivity contribution in [2.24, 2.45) is 0 Å². The predicted molar refractivity (Wildman–Crippen MR) is 84.8 cm³/mol. The van der Waals surface area contributed by atoms with Crippen LogP contribution in [0.15, 0.2) is 34.9 Å². The highest BCUT2D eigenvalue weighted by molar-refractivity contribution is 5.83. The van der Waals surface area contributed by atoms with Crippen LogP contribution in [-0.4, -0.2) is 16.7 Å². The average molecular weight is 314 g/mol. The number of anilines is 2. The number of amides is 1. The van der Waals surface area contributed by atoms with E-state index in [-0.39, 0.29) is 5.76 Å². The van der Waals surface area contributed by atoms with Crippen LogP contribution < -0.4 is 10.6 Å². The van der Waals surface area contributed by atoms with Crippen molar-refractivity contribution in [1.29, 1.82) is 5.26 Å². The van der Waals surface area contributed by atoms with Gasteiger partial charge in [-0.15, -0.1) is 0 Å². The molecule has 0 atom stereocenters. The van der Waals surface area contributed by atoms with E-state index in [9.17, 15) is 4.79 Å². The molecule has 2 aromatic heterocycles. The number of nitriles is 1. The van der Waals surface area contributed by atoms with Crippen molar-refractivity contribution in [2.45, 2.75) is 32.9 Å². The number of furan rings is 1. The highest BCUT2D eigenvalue weighted by Gasteiger charge is 2.16. The maximum absolute atomic E-state index is 11.6. The molecular formula is C16H18N4O3. The first-order valence-electron chi connectivity index (χ1n) is 7.04. The Hall–Kier alpha value is -3.01. The van der Waals surface area contributed by atoms with Crippen LogP contribution in [0.25, 0.3) is 0 Å². The first-order valence-corrected chi connectivity index (χ1v) is 7.04. The van der Waals surface area contributed by atoms with Gasteiger partial charge in [-0.05, 0) is 45.0 Å². The third-order valence-electron chi connectivity index (χ3n) is 2.63. The number of hydrogen-bond donors (Lipinski definition) is 2. The number of hydrogen-bond acceptors (Lipinski definition) is 6. The van der Waals surface area contributed by atoms with E-state index >= 15 is 0 Å². The third kappa shape index (κ3) is 5.36. The van der Waals surface area contributed by atoms with Crippen LogP contribution in [0.2, 0.25) is 0 Å². The SMILES string of the molecule is CC(C)(C)OC(=O)Nc1ccc(NCc2ccc(C#N)o2)cn1. The van der Waals surface area contributed by atoms with Gasteiger partial charge in [0.15, 0.2) is 0 Å². The summed E-state index contributed by atoms with van der Waals surface area (Å²) < 4.78 is 10.4. The molecule has 2 N–H and O–H groups in total. The van der Waals surface area contributed by atoms with Crippen molar-refractivity contribution in [3.05, 3.63) is 42.0 Å². The van der Waals surface area contributed by atoms with Gasteiger partial charge in [0.25, 0.3) is 0 Å². The highest BCUT2D eigenvalue weighted by Crippen LogP contribution is 2.14. The zero-order chi connectivity index (χ0) is 16.9. The van der Waals surface area contributed by atoms with E-state index in [0.29, 0.717) is 18.1 Å². The van der Waals surface area contributed by atoms with E-state index in [1.54, 1.807) is 51.2 Å². The fourth-order valence-electron chi connectivity index (χ4n) is 1.70. The number of nitrogens with zero attached hydrogens (tertiary/aromatic N) is 2. The molecular weight excluding hydrogens is 296 g/mol. The Bertz CT molecular complexity index is 708. The van der Waals surface area contributed by atoms with Crippen molar-refractivity contribution >= 4 is 17.6 Å². The first kappa shape index (κ1) is 16.4. The smallest absolute Gasteiger partial charge is 0.413 e. The van der Waals surface area contributed by atoms with E-state index in [1.807, 2.05) is 6.07 Å². The highest BCUT2D eigenvalue weighted by atomic mass is 16.6. The van der Waals surface area contributed by atoms with Crippen LogP contribution in [-0.2, 0) is 11.3 Å². The number of rotatable bonds is 4. The molecule has 0 aliphatic heterocycles.